The van der Waals surface area contributed by atoms with Gasteiger partial charge in [-0.2, -0.15) is 0 Å². The van der Waals surface area contributed by atoms with Gasteiger partial charge in [0, 0.05) is 23.4 Å². The van der Waals surface area contributed by atoms with Gasteiger partial charge in [0.05, 0.1) is 23.2 Å². The number of rotatable bonds is 2. The van der Waals surface area contributed by atoms with Crippen molar-refractivity contribution >= 4 is 11.3 Å². The zero-order chi connectivity index (χ0) is 10.8. The van der Waals surface area contributed by atoms with Crippen molar-refractivity contribution in [3.05, 3.63) is 29.0 Å². The molecular formula is C12H14N2OS. The summed E-state index contributed by atoms with van der Waals surface area (Å²) in [6, 6.07) is 1.96. The van der Waals surface area contributed by atoms with Crippen molar-refractivity contribution in [3.8, 4) is 11.3 Å². The number of hydrogen-bond acceptors (Lipinski definition) is 4. The molecule has 0 radical (unpaired) electrons. The summed E-state index contributed by atoms with van der Waals surface area (Å²) in [5, 5.41) is 6.80. The maximum atomic E-state index is 5.08. The Morgan fingerprint density at radius 1 is 1.50 bits per heavy atom. The minimum absolute atomic E-state index is 0.597. The van der Waals surface area contributed by atoms with E-state index in [0.29, 0.717) is 5.92 Å². The minimum Gasteiger partial charge on any atom is -0.472 e. The second-order valence-electron chi connectivity index (χ2n) is 4.13. The maximum absolute atomic E-state index is 5.08. The first-order valence-electron chi connectivity index (χ1n) is 5.62. The predicted molar refractivity (Wildman–Crippen MR) is 64.7 cm³/mol. The second kappa shape index (κ2) is 4.39. The van der Waals surface area contributed by atoms with Crippen molar-refractivity contribution in [2.24, 2.45) is 0 Å². The summed E-state index contributed by atoms with van der Waals surface area (Å²) in [5.74, 6) is 0.597. The van der Waals surface area contributed by atoms with Crippen molar-refractivity contribution in [1.82, 2.24) is 10.3 Å². The van der Waals surface area contributed by atoms with Crippen molar-refractivity contribution < 1.29 is 4.42 Å². The van der Waals surface area contributed by atoms with E-state index in [9.17, 15) is 0 Å². The molecule has 0 bridgehead atoms. The summed E-state index contributed by atoms with van der Waals surface area (Å²) in [4.78, 5) is 4.69. The Kier molecular flexibility index (Phi) is 2.76. The lowest BCUT2D eigenvalue weighted by molar-refractivity contribution is 0.460. The third-order valence-electron chi connectivity index (χ3n) is 2.99. The lowest BCUT2D eigenvalue weighted by Gasteiger charge is -2.20. The molecular weight excluding hydrogens is 220 g/mol. The quantitative estimate of drug-likeness (QED) is 0.868. The van der Waals surface area contributed by atoms with Crippen molar-refractivity contribution in [3.63, 3.8) is 0 Å². The fraction of sp³-hybridized carbons (Fsp3) is 0.417. The highest BCUT2D eigenvalue weighted by atomic mass is 32.1. The predicted octanol–water partition coefficient (Wildman–Crippen LogP) is 2.87. The van der Waals surface area contributed by atoms with Crippen LogP contribution in [0.1, 0.15) is 23.8 Å². The molecule has 2 aromatic heterocycles. The second-order valence-corrected chi connectivity index (χ2v) is 5.02. The van der Waals surface area contributed by atoms with Crippen LogP contribution in [0.2, 0.25) is 0 Å². The highest BCUT2D eigenvalue weighted by molar-refractivity contribution is 7.10. The first-order chi connectivity index (χ1) is 7.93. The number of aromatic nitrogens is 1. The first-order valence-corrected chi connectivity index (χ1v) is 6.50. The molecule has 16 heavy (non-hydrogen) atoms. The number of furan rings is 1. The summed E-state index contributed by atoms with van der Waals surface area (Å²) < 4.78 is 5.08. The van der Waals surface area contributed by atoms with Crippen molar-refractivity contribution in [2.45, 2.75) is 18.8 Å². The zero-order valence-corrected chi connectivity index (χ0v) is 9.80. The van der Waals surface area contributed by atoms with E-state index in [2.05, 4.69) is 10.7 Å². The number of hydrogen-bond donors (Lipinski definition) is 1. The van der Waals surface area contributed by atoms with Gasteiger partial charge in [0.2, 0.25) is 0 Å². The monoisotopic (exact) mass is 234 g/mol. The van der Waals surface area contributed by atoms with Gasteiger partial charge in [-0.1, -0.05) is 0 Å². The Morgan fingerprint density at radius 2 is 2.50 bits per heavy atom. The minimum atomic E-state index is 0.597. The summed E-state index contributed by atoms with van der Waals surface area (Å²) in [6.45, 7) is 2.22. The van der Waals surface area contributed by atoms with Gasteiger partial charge in [0.25, 0.3) is 0 Å². The fourth-order valence-electron chi connectivity index (χ4n) is 2.08. The van der Waals surface area contributed by atoms with Crippen LogP contribution in [0.4, 0.5) is 0 Å². The van der Waals surface area contributed by atoms with Gasteiger partial charge in [-0.25, -0.2) is 4.98 Å². The van der Waals surface area contributed by atoms with Gasteiger partial charge in [0.1, 0.15) is 0 Å². The topological polar surface area (TPSA) is 38.1 Å². The van der Waals surface area contributed by atoms with Crippen molar-refractivity contribution in [1.29, 1.82) is 0 Å². The van der Waals surface area contributed by atoms with Crippen LogP contribution < -0.4 is 5.32 Å². The van der Waals surface area contributed by atoms with E-state index in [-0.39, 0.29) is 0 Å². The molecule has 1 fully saturated rings. The summed E-state index contributed by atoms with van der Waals surface area (Å²) in [5.41, 5.74) is 2.12. The van der Waals surface area contributed by atoms with E-state index in [0.717, 1.165) is 24.3 Å². The summed E-state index contributed by atoms with van der Waals surface area (Å²) in [7, 11) is 0. The molecule has 1 unspecified atom stereocenters. The standard InChI is InChI=1S/C12H14N2OS/c1-2-9(6-13-4-1)12-14-11(8-16-12)10-3-5-15-7-10/h3,5,7-9,13H,1-2,4,6H2. The molecule has 1 N–H and O–H groups in total. The Hall–Kier alpha value is -1.13. The average molecular weight is 234 g/mol. The van der Waals surface area contributed by atoms with Crippen LogP contribution in [0, 0.1) is 0 Å². The lowest BCUT2D eigenvalue weighted by atomic mass is 10.0. The Balaban J connectivity index is 1.82. The van der Waals surface area contributed by atoms with E-state index in [1.54, 1.807) is 23.9 Å². The highest BCUT2D eigenvalue weighted by Crippen LogP contribution is 2.29. The number of nitrogens with one attached hydrogen (secondary N) is 1. The van der Waals surface area contributed by atoms with Crippen molar-refractivity contribution in [2.75, 3.05) is 13.1 Å². The van der Waals surface area contributed by atoms with Gasteiger partial charge >= 0.3 is 0 Å². The van der Waals surface area contributed by atoms with E-state index in [4.69, 9.17) is 9.40 Å². The van der Waals surface area contributed by atoms with E-state index in [1.165, 1.54) is 17.8 Å². The third kappa shape index (κ3) is 1.90. The van der Waals surface area contributed by atoms with Gasteiger partial charge in [0.15, 0.2) is 0 Å². The van der Waals surface area contributed by atoms with E-state index >= 15 is 0 Å². The molecule has 1 saturated heterocycles. The number of piperidine rings is 1. The highest BCUT2D eigenvalue weighted by Gasteiger charge is 2.18. The summed E-state index contributed by atoms with van der Waals surface area (Å²) in [6.07, 6.45) is 5.95. The number of thiazole rings is 1. The largest absolute Gasteiger partial charge is 0.472 e. The molecule has 1 atom stereocenters. The molecule has 0 aliphatic carbocycles. The van der Waals surface area contributed by atoms with Gasteiger partial charge < -0.3 is 9.73 Å². The van der Waals surface area contributed by atoms with Crippen LogP contribution in [0.25, 0.3) is 11.3 Å². The van der Waals surface area contributed by atoms with Crippen LogP contribution >= 0.6 is 11.3 Å². The average Bonchev–Trinajstić information content (AvgIpc) is 3.01. The van der Waals surface area contributed by atoms with Crippen LogP contribution in [0.5, 0.6) is 0 Å². The zero-order valence-electron chi connectivity index (χ0n) is 8.98. The van der Waals surface area contributed by atoms with Crippen LogP contribution in [0.15, 0.2) is 28.4 Å². The Bertz CT molecular complexity index is 443. The molecule has 84 valence electrons. The van der Waals surface area contributed by atoms with Gasteiger partial charge in [-0.3, -0.25) is 0 Å². The Labute approximate surface area is 98.5 Å². The Morgan fingerprint density at radius 3 is 3.25 bits per heavy atom. The molecule has 1 aliphatic rings. The lowest BCUT2D eigenvalue weighted by Crippen LogP contribution is -2.28. The van der Waals surface area contributed by atoms with Crippen LogP contribution in [-0.4, -0.2) is 18.1 Å². The molecule has 3 rings (SSSR count). The van der Waals surface area contributed by atoms with Crippen LogP contribution in [0.3, 0.4) is 0 Å². The maximum Gasteiger partial charge on any atom is 0.0996 e. The molecule has 3 nitrogen and oxygen atoms in total. The molecule has 0 aromatic carbocycles. The summed E-state index contributed by atoms with van der Waals surface area (Å²) >= 11 is 1.76. The molecule has 0 amide bonds. The number of nitrogens with zero attached hydrogens (tertiary/aromatic N) is 1. The third-order valence-corrected chi connectivity index (χ3v) is 3.99. The molecule has 4 heteroatoms. The first kappa shape index (κ1) is 10.1. The molecule has 2 aromatic rings. The van der Waals surface area contributed by atoms with Gasteiger partial charge in [-0.15, -0.1) is 11.3 Å². The van der Waals surface area contributed by atoms with Gasteiger partial charge in [-0.05, 0) is 25.5 Å². The molecule has 0 spiro atoms. The SMILES string of the molecule is c1cc(-c2csc(C3CCCNC3)n2)co1. The van der Waals surface area contributed by atoms with Crippen LogP contribution in [-0.2, 0) is 0 Å². The van der Waals surface area contributed by atoms with E-state index < -0.39 is 0 Å². The normalized spacial score (nSPS) is 21.1. The molecule has 3 heterocycles. The fourth-order valence-corrected chi connectivity index (χ4v) is 3.05. The molecule has 1 aliphatic heterocycles. The van der Waals surface area contributed by atoms with E-state index in [1.807, 2.05) is 6.07 Å². The molecule has 0 saturated carbocycles. The smallest absolute Gasteiger partial charge is 0.0996 e.